The molecule has 0 bridgehead atoms. The molecule has 0 aromatic carbocycles. The van der Waals surface area contributed by atoms with Gasteiger partial charge in [0, 0.05) is 25.2 Å². The lowest BCUT2D eigenvalue weighted by atomic mass is 9.78. The van der Waals surface area contributed by atoms with Crippen LogP contribution in [0, 0.1) is 18.3 Å². The Morgan fingerprint density at radius 2 is 2.30 bits per heavy atom. The third-order valence-electron chi connectivity index (χ3n) is 4.19. The van der Waals surface area contributed by atoms with Crippen LogP contribution in [0.4, 0.5) is 0 Å². The predicted molar refractivity (Wildman–Crippen MR) is 77.2 cm³/mol. The minimum atomic E-state index is -0.602. The van der Waals surface area contributed by atoms with Crippen LogP contribution in [-0.4, -0.2) is 29.4 Å². The van der Waals surface area contributed by atoms with Gasteiger partial charge in [0.1, 0.15) is 0 Å². The summed E-state index contributed by atoms with van der Waals surface area (Å²) in [6, 6.07) is 2.05. The molecule has 5 nitrogen and oxygen atoms in total. The number of nitrogens with two attached hydrogens (primary N) is 1. The molecule has 1 atom stereocenters. The largest absolute Gasteiger partial charge is 0.469 e. The van der Waals surface area contributed by atoms with Gasteiger partial charge in [-0.15, -0.1) is 0 Å². The number of aryl methyl sites for hydroxylation is 2. The Hall–Kier alpha value is -1.36. The van der Waals surface area contributed by atoms with Crippen molar-refractivity contribution < 1.29 is 9.53 Å². The Labute approximate surface area is 120 Å². The molecule has 0 aliphatic heterocycles. The van der Waals surface area contributed by atoms with E-state index in [1.54, 1.807) is 0 Å². The fourth-order valence-electron chi connectivity index (χ4n) is 2.92. The zero-order valence-corrected chi connectivity index (χ0v) is 12.7. The number of esters is 1. The molecular weight excluding hydrogens is 254 g/mol. The Kier molecular flexibility index (Phi) is 4.48. The van der Waals surface area contributed by atoms with Gasteiger partial charge in [-0.3, -0.25) is 9.48 Å². The fourth-order valence-corrected chi connectivity index (χ4v) is 2.92. The normalized spacial score (nSPS) is 17.8. The molecule has 2 N–H and O–H groups in total. The number of carbonyl (C=O) groups excluding carboxylic acids is 1. The molecule has 0 radical (unpaired) electrons. The molecule has 2 rings (SSSR count). The van der Waals surface area contributed by atoms with Crippen LogP contribution >= 0.6 is 0 Å². The highest BCUT2D eigenvalue weighted by Gasteiger charge is 2.43. The average molecular weight is 279 g/mol. The minimum Gasteiger partial charge on any atom is -0.469 e. The van der Waals surface area contributed by atoms with E-state index in [2.05, 4.69) is 12.0 Å². The zero-order valence-electron chi connectivity index (χ0n) is 12.7. The molecule has 0 saturated heterocycles. The van der Waals surface area contributed by atoms with Gasteiger partial charge in [-0.25, -0.2) is 0 Å². The number of aromatic nitrogens is 2. The van der Waals surface area contributed by atoms with Gasteiger partial charge in [-0.2, -0.15) is 5.10 Å². The van der Waals surface area contributed by atoms with E-state index < -0.39 is 5.41 Å². The molecule has 1 aromatic heterocycles. The van der Waals surface area contributed by atoms with Gasteiger partial charge in [-0.05, 0) is 32.3 Å². The van der Waals surface area contributed by atoms with Crippen LogP contribution in [0.15, 0.2) is 6.07 Å². The summed E-state index contributed by atoms with van der Waals surface area (Å²) in [6.45, 7) is 5.15. The molecule has 1 unspecified atom stereocenters. The molecule has 112 valence electrons. The van der Waals surface area contributed by atoms with E-state index in [1.165, 1.54) is 20.0 Å². The van der Waals surface area contributed by atoms with Crippen LogP contribution in [0.25, 0.3) is 0 Å². The van der Waals surface area contributed by atoms with Gasteiger partial charge < -0.3 is 10.5 Å². The Balaban J connectivity index is 2.27. The maximum absolute atomic E-state index is 12.3. The molecule has 0 amide bonds. The second kappa shape index (κ2) is 5.95. The van der Waals surface area contributed by atoms with Gasteiger partial charge in [0.05, 0.1) is 18.2 Å². The van der Waals surface area contributed by atoms with Gasteiger partial charge in [0.2, 0.25) is 0 Å². The summed E-state index contributed by atoms with van der Waals surface area (Å²) in [7, 11) is 1.45. The molecule has 1 heterocycles. The monoisotopic (exact) mass is 279 g/mol. The SMILES string of the molecule is CCn1nc(C)cc1CC(CN)(CC1CC1)C(=O)OC. The lowest BCUT2D eigenvalue weighted by molar-refractivity contribution is -0.153. The lowest BCUT2D eigenvalue weighted by Crippen LogP contribution is -2.42. The first kappa shape index (κ1) is 15.0. The highest BCUT2D eigenvalue weighted by atomic mass is 16.5. The van der Waals surface area contributed by atoms with E-state index in [1.807, 2.05) is 17.7 Å². The highest BCUT2D eigenvalue weighted by molar-refractivity contribution is 5.77. The first-order chi connectivity index (χ1) is 9.54. The van der Waals surface area contributed by atoms with Crippen molar-refractivity contribution >= 4 is 5.97 Å². The molecule has 1 fully saturated rings. The molecule has 0 spiro atoms. The number of rotatable bonds is 7. The summed E-state index contributed by atoms with van der Waals surface area (Å²) in [4.78, 5) is 12.3. The topological polar surface area (TPSA) is 70.1 Å². The van der Waals surface area contributed by atoms with Crippen molar-refractivity contribution in [2.45, 2.75) is 46.1 Å². The van der Waals surface area contributed by atoms with Crippen molar-refractivity contribution in [1.29, 1.82) is 0 Å². The molecule has 5 heteroatoms. The van der Waals surface area contributed by atoms with Crippen molar-refractivity contribution in [3.8, 4) is 0 Å². The number of hydrogen-bond donors (Lipinski definition) is 1. The van der Waals surface area contributed by atoms with Gasteiger partial charge >= 0.3 is 5.97 Å². The van der Waals surface area contributed by atoms with Crippen LogP contribution in [0.5, 0.6) is 0 Å². The Morgan fingerprint density at radius 3 is 2.80 bits per heavy atom. The van der Waals surface area contributed by atoms with Crippen LogP contribution in [0.1, 0.15) is 37.6 Å². The van der Waals surface area contributed by atoms with E-state index in [9.17, 15) is 4.79 Å². The van der Waals surface area contributed by atoms with E-state index in [0.29, 0.717) is 18.9 Å². The number of methoxy groups -OCH3 is 1. The zero-order chi connectivity index (χ0) is 14.8. The summed E-state index contributed by atoms with van der Waals surface area (Å²) >= 11 is 0. The predicted octanol–water partition coefficient (Wildman–Crippen LogP) is 1.67. The maximum Gasteiger partial charge on any atom is 0.313 e. The number of hydrogen-bond acceptors (Lipinski definition) is 4. The minimum absolute atomic E-state index is 0.187. The van der Waals surface area contributed by atoms with Gasteiger partial charge in [0.15, 0.2) is 0 Å². The van der Waals surface area contributed by atoms with Crippen LogP contribution in [-0.2, 0) is 22.5 Å². The second-order valence-corrected chi connectivity index (χ2v) is 5.89. The summed E-state index contributed by atoms with van der Waals surface area (Å²) in [5, 5.41) is 4.45. The molecule has 1 saturated carbocycles. The highest BCUT2D eigenvalue weighted by Crippen LogP contribution is 2.42. The Bertz CT molecular complexity index is 479. The van der Waals surface area contributed by atoms with E-state index in [4.69, 9.17) is 10.5 Å². The summed E-state index contributed by atoms with van der Waals surface area (Å²) in [6.07, 6.45) is 3.83. The number of ether oxygens (including phenoxy) is 1. The first-order valence-electron chi connectivity index (χ1n) is 7.36. The summed E-state index contributed by atoms with van der Waals surface area (Å²) in [5.41, 5.74) is 7.42. The maximum atomic E-state index is 12.3. The lowest BCUT2D eigenvalue weighted by Gasteiger charge is -2.29. The van der Waals surface area contributed by atoms with Crippen LogP contribution in [0.2, 0.25) is 0 Å². The van der Waals surface area contributed by atoms with Crippen molar-refractivity contribution in [2.24, 2.45) is 17.1 Å². The van der Waals surface area contributed by atoms with Crippen molar-refractivity contribution in [3.63, 3.8) is 0 Å². The Morgan fingerprint density at radius 1 is 1.60 bits per heavy atom. The quantitative estimate of drug-likeness (QED) is 0.771. The standard InChI is InChI=1S/C15H25N3O2/c1-4-18-13(7-11(2)17-18)9-15(10-16,14(19)20-3)8-12-5-6-12/h7,12H,4-6,8-10,16H2,1-3H3. The molecule has 1 aliphatic carbocycles. The van der Waals surface area contributed by atoms with Gasteiger partial charge in [0.25, 0.3) is 0 Å². The van der Waals surface area contributed by atoms with Crippen molar-refractivity contribution in [2.75, 3.05) is 13.7 Å². The van der Waals surface area contributed by atoms with Crippen LogP contribution in [0.3, 0.4) is 0 Å². The van der Waals surface area contributed by atoms with Crippen molar-refractivity contribution in [1.82, 2.24) is 9.78 Å². The number of carbonyl (C=O) groups is 1. The summed E-state index contributed by atoms with van der Waals surface area (Å²) in [5.74, 6) is 0.435. The second-order valence-electron chi connectivity index (χ2n) is 5.89. The molecular formula is C15H25N3O2. The molecule has 20 heavy (non-hydrogen) atoms. The fraction of sp³-hybridized carbons (Fsp3) is 0.733. The van der Waals surface area contributed by atoms with E-state index in [-0.39, 0.29) is 5.97 Å². The molecule has 1 aliphatic rings. The summed E-state index contributed by atoms with van der Waals surface area (Å²) < 4.78 is 6.99. The number of nitrogens with zero attached hydrogens (tertiary/aromatic N) is 2. The third kappa shape index (κ3) is 3.03. The van der Waals surface area contributed by atoms with E-state index >= 15 is 0 Å². The van der Waals surface area contributed by atoms with E-state index in [0.717, 1.165) is 24.4 Å². The van der Waals surface area contributed by atoms with Crippen molar-refractivity contribution in [3.05, 3.63) is 17.5 Å². The smallest absolute Gasteiger partial charge is 0.313 e. The molecule has 1 aromatic rings. The van der Waals surface area contributed by atoms with Crippen LogP contribution < -0.4 is 5.73 Å². The van der Waals surface area contributed by atoms with Gasteiger partial charge in [-0.1, -0.05) is 12.8 Å². The first-order valence-corrected chi connectivity index (χ1v) is 7.36. The average Bonchev–Trinajstić information content (AvgIpc) is 3.19. The third-order valence-corrected chi connectivity index (χ3v) is 4.19.